The topological polar surface area (TPSA) is 52.1 Å². The number of ether oxygens (including phenoxy) is 1. The fraction of sp³-hybridized carbons (Fsp3) is 0.308. The normalized spacial score (nSPS) is 10.4. The number of esters is 1. The predicted octanol–water partition coefficient (Wildman–Crippen LogP) is 2.78. The van der Waals surface area contributed by atoms with Gasteiger partial charge in [-0.15, -0.1) is 16.9 Å². The number of rotatable bonds is 6. The van der Waals surface area contributed by atoms with Crippen molar-refractivity contribution in [3.63, 3.8) is 0 Å². The molecule has 0 unspecified atom stereocenters. The van der Waals surface area contributed by atoms with Crippen LogP contribution in [0.3, 0.4) is 0 Å². The molecule has 6 heteroatoms. The number of nitrogens with zero attached hydrogens (tertiary/aromatic N) is 2. The maximum absolute atomic E-state index is 11.0. The van der Waals surface area contributed by atoms with Gasteiger partial charge in [0, 0.05) is 12.2 Å². The van der Waals surface area contributed by atoms with E-state index in [0.717, 1.165) is 16.3 Å². The third-order valence-electron chi connectivity index (χ3n) is 2.50. The average Bonchev–Trinajstić information content (AvgIpc) is 2.87. The molecule has 2 aromatic rings. The molecule has 1 heterocycles. The lowest BCUT2D eigenvalue weighted by atomic mass is 10.1. The molecule has 4 nitrogen and oxygen atoms in total. The smallest absolute Gasteiger partial charge is 0.306 e. The van der Waals surface area contributed by atoms with Crippen LogP contribution < -0.4 is 0 Å². The summed E-state index contributed by atoms with van der Waals surface area (Å²) in [6, 6.07) is 10.2. The molecule has 0 aliphatic carbocycles. The second-order valence-corrected chi connectivity index (χ2v) is 5.76. The van der Waals surface area contributed by atoms with Gasteiger partial charge in [0.05, 0.1) is 18.4 Å². The summed E-state index contributed by atoms with van der Waals surface area (Å²) in [7, 11) is 1.40. The molecule has 0 atom stereocenters. The highest BCUT2D eigenvalue weighted by molar-refractivity contribution is 7.99. The number of methoxy groups -OCH3 is 1. The van der Waals surface area contributed by atoms with E-state index in [9.17, 15) is 4.79 Å². The van der Waals surface area contributed by atoms with E-state index in [4.69, 9.17) is 0 Å². The van der Waals surface area contributed by atoms with Crippen molar-refractivity contribution in [2.75, 3.05) is 12.9 Å². The van der Waals surface area contributed by atoms with Crippen LogP contribution in [0, 0.1) is 0 Å². The predicted molar refractivity (Wildman–Crippen MR) is 76.5 cm³/mol. The van der Waals surface area contributed by atoms with Crippen LogP contribution in [0.2, 0.25) is 0 Å². The van der Waals surface area contributed by atoms with Crippen molar-refractivity contribution in [3.05, 3.63) is 40.8 Å². The van der Waals surface area contributed by atoms with Crippen LogP contribution >= 0.6 is 23.3 Å². The second kappa shape index (κ2) is 7.25. The summed E-state index contributed by atoms with van der Waals surface area (Å²) in [5.41, 5.74) is 1.24. The quantitative estimate of drug-likeness (QED) is 0.605. The maximum atomic E-state index is 11.0. The van der Waals surface area contributed by atoms with Crippen molar-refractivity contribution in [3.8, 4) is 0 Å². The van der Waals surface area contributed by atoms with E-state index >= 15 is 0 Å². The van der Waals surface area contributed by atoms with Crippen LogP contribution in [0.1, 0.15) is 16.9 Å². The molecular weight excluding hydrogens is 280 g/mol. The number of benzene rings is 1. The van der Waals surface area contributed by atoms with Crippen LogP contribution in [-0.4, -0.2) is 28.4 Å². The third kappa shape index (κ3) is 4.33. The van der Waals surface area contributed by atoms with Crippen molar-refractivity contribution in [2.45, 2.75) is 17.9 Å². The van der Waals surface area contributed by atoms with Gasteiger partial charge in [-0.3, -0.25) is 4.79 Å². The van der Waals surface area contributed by atoms with Crippen molar-refractivity contribution in [2.24, 2.45) is 0 Å². The van der Waals surface area contributed by atoms with Crippen LogP contribution in [0.4, 0.5) is 0 Å². The molecule has 1 aromatic heterocycles. The van der Waals surface area contributed by atoms with Gasteiger partial charge in [0.15, 0.2) is 0 Å². The Balaban J connectivity index is 1.92. The van der Waals surface area contributed by atoms with E-state index < -0.39 is 0 Å². The van der Waals surface area contributed by atoms with Crippen molar-refractivity contribution < 1.29 is 9.53 Å². The lowest BCUT2D eigenvalue weighted by Crippen LogP contribution is -2.01. The minimum Gasteiger partial charge on any atom is -0.469 e. The Morgan fingerprint density at radius 3 is 2.89 bits per heavy atom. The summed E-state index contributed by atoms with van der Waals surface area (Å²) in [4.78, 5) is 12.2. The van der Waals surface area contributed by atoms with Gasteiger partial charge in [-0.2, -0.15) is 0 Å². The Morgan fingerprint density at radius 1 is 1.37 bits per heavy atom. The average molecular weight is 294 g/mol. The van der Waals surface area contributed by atoms with E-state index in [2.05, 4.69) is 26.5 Å². The first kappa shape index (κ1) is 14.0. The van der Waals surface area contributed by atoms with Crippen molar-refractivity contribution in [1.29, 1.82) is 0 Å². The van der Waals surface area contributed by atoms with Gasteiger partial charge in [0.25, 0.3) is 0 Å². The molecule has 0 N–H and O–H groups in total. The van der Waals surface area contributed by atoms with Gasteiger partial charge in [0.2, 0.25) is 0 Å². The molecular formula is C13H14N2O2S2. The number of thioether (sulfide) groups is 1. The van der Waals surface area contributed by atoms with E-state index in [1.54, 1.807) is 11.8 Å². The summed E-state index contributed by atoms with van der Waals surface area (Å²) >= 11 is 2.96. The molecule has 0 bridgehead atoms. The monoisotopic (exact) mass is 294 g/mol. The number of carbonyl (C=O) groups is 1. The first-order chi connectivity index (χ1) is 9.29. The highest BCUT2D eigenvalue weighted by Crippen LogP contribution is 2.25. The van der Waals surface area contributed by atoms with Crippen LogP contribution in [0.15, 0.2) is 35.4 Å². The van der Waals surface area contributed by atoms with Gasteiger partial charge < -0.3 is 4.74 Å². The zero-order valence-electron chi connectivity index (χ0n) is 10.5. The van der Waals surface area contributed by atoms with Gasteiger partial charge >= 0.3 is 5.97 Å². The lowest BCUT2D eigenvalue weighted by Gasteiger charge is -2.01. The molecule has 0 saturated carbocycles. The second-order valence-electron chi connectivity index (χ2n) is 3.84. The number of hydrogen-bond donors (Lipinski definition) is 0. The Bertz CT molecular complexity index is 528. The van der Waals surface area contributed by atoms with Crippen LogP contribution in [-0.2, 0) is 16.0 Å². The number of hydrogen-bond acceptors (Lipinski definition) is 6. The summed E-state index contributed by atoms with van der Waals surface area (Å²) in [6.07, 6.45) is 1.22. The maximum Gasteiger partial charge on any atom is 0.306 e. The molecule has 0 aliphatic rings. The summed E-state index contributed by atoms with van der Waals surface area (Å²) < 4.78 is 8.60. The lowest BCUT2D eigenvalue weighted by molar-refractivity contribution is -0.140. The summed E-state index contributed by atoms with van der Waals surface area (Å²) in [5.74, 6) is 0.472. The van der Waals surface area contributed by atoms with Crippen LogP contribution in [0.25, 0.3) is 0 Å². The molecule has 0 fully saturated rings. The molecule has 0 saturated heterocycles. The van der Waals surface area contributed by atoms with E-state index in [1.165, 1.54) is 24.2 Å². The fourth-order valence-corrected chi connectivity index (χ4v) is 3.24. The van der Waals surface area contributed by atoms with Gasteiger partial charge in [-0.1, -0.05) is 34.8 Å². The Morgan fingerprint density at radius 2 is 2.16 bits per heavy atom. The molecule has 2 rings (SSSR count). The molecule has 0 radical (unpaired) electrons. The molecule has 0 aliphatic heterocycles. The summed E-state index contributed by atoms with van der Waals surface area (Å²) in [5, 5.41) is 5.03. The van der Waals surface area contributed by atoms with E-state index in [1.807, 2.05) is 18.2 Å². The van der Waals surface area contributed by atoms with Gasteiger partial charge in [-0.05, 0) is 17.1 Å². The molecule has 100 valence electrons. The Kier molecular flexibility index (Phi) is 5.35. The standard InChI is InChI=1S/C13H14N2O2S2/c1-17-12(16)7-8-18-13-11(19-15-14-13)9-10-5-3-2-4-6-10/h2-6H,7-9H2,1H3. The van der Waals surface area contributed by atoms with Crippen molar-refractivity contribution >= 4 is 29.3 Å². The van der Waals surface area contributed by atoms with Crippen LogP contribution in [0.5, 0.6) is 0 Å². The zero-order valence-corrected chi connectivity index (χ0v) is 12.2. The van der Waals surface area contributed by atoms with Crippen molar-refractivity contribution in [1.82, 2.24) is 9.59 Å². The fourth-order valence-electron chi connectivity index (χ4n) is 1.53. The third-order valence-corrected chi connectivity index (χ3v) is 4.36. The summed E-state index contributed by atoms with van der Waals surface area (Å²) in [6.45, 7) is 0. The first-order valence-corrected chi connectivity index (χ1v) is 7.60. The first-order valence-electron chi connectivity index (χ1n) is 5.84. The van der Waals surface area contributed by atoms with E-state index in [-0.39, 0.29) is 5.97 Å². The molecule has 0 amide bonds. The zero-order chi connectivity index (χ0) is 13.5. The minimum absolute atomic E-state index is 0.194. The molecule has 19 heavy (non-hydrogen) atoms. The Labute approximate surface area is 120 Å². The number of aromatic nitrogens is 2. The number of carbonyl (C=O) groups excluding carboxylic acids is 1. The minimum atomic E-state index is -0.194. The van der Waals surface area contributed by atoms with Gasteiger partial charge in [-0.25, -0.2) is 0 Å². The molecule has 1 aromatic carbocycles. The van der Waals surface area contributed by atoms with Gasteiger partial charge in [0.1, 0.15) is 5.03 Å². The molecule has 0 spiro atoms. The Hall–Kier alpha value is -1.40. The highest BCUT2D eigenvalue weighted by atomic mass is 32.2. The van der Waals surface area contributed by atoms with E-state index in [0.29, 0.717) is 12.2 Å². The largest absolute Gasteiger partial charge is 0.469 e. The SMILES string of the molecule is COC(=O)CCSc1nnsc1Cc1ccccc1. The highest BCUT2D eigenvalue weighted by Gasteiger charge is 2.10.